The van der Waals surface area contributed by atoms with E-state index in [0.717, 1.165) is 11.3 Å². The van der Waals surface area contributed by atoms with Crippen LogP contribution in [-0.2, 0) is 0 Å². The zero-order valence-electron chi connectivity index (χ0n) is 11.5. The third kappa shape index (κ3) is 3.88. The highest BCUT2D eigenvalue weighted by atomic mass is 32.1. The molecule has 0 spiro atoms. The van der Waals surface area contributed by atoms with Gasteiger partial charge in [0.1, 0.15) is 6.10 Å². The highest BCUT2D eigenvalue weighted by molar-refractivity contribution is 7.14. The van der Waals surface area contributed by atoms with Gasteiger partial charge >= 0.3 is 0 Å². The van der Waals surface area contributed by atoms with E-state index in [4.69, 9.17) is 5.73 Å². The number of nitrogens with two attached hydrogens (primary N) is 1. The fourth-order valence-electron chi connectivity index (χ4n) is 2.85. The van der Waals surface area contributed by atoms with Gasteiger partial charge in [-0.3, -0.25) is 4.79 Å². The van der Waals surface area contributed by atoms with E-state index in [-0.39, 0.29) is 11.8 Å². The van der Waals surface area contributed by atoms with Gasteiger partial charge in [-0.05, 0) is 31.4 Å². The van der Waals surface area contributed by atoms with Gasteiger partial charge in [0.25, 0.3) is 0 Å². The quantitative estimate of drug-likeness (QED) is 0.814. The molecule has 1 aliphatic carbocycles. The minimum atomic E-state index is -0.639. The van der Waals surface area contributed by atoms with Crippen LogP contribution in [0.1, 0.15) is 66.1 Å². The lowest BCUT2D eigenvalue weighted by atomic mass is 9.84. The largest absolute Gasteiger partial charge is 0.386 e. The van der Waals surface area contributed by atoms with E-state index in [1.807, 2.05) is 6.07 Å². The molecule has 1 saturated carbocycles. The Morgan fingerprint density at radius 1 is 1.42 bits per heavy atom. The van der Waals surface area contributed by atoms with Crippen LogP contribution in [0, 0.1) is 5.92 Å². The summed E-state index contributed by atoms with van der Waals surface area (Å²) in [4.78, 5) is 12.8. The summed E-state index contributed by atoms with van der Waals surface area (Å²) in [7, 11) is 0. The molecule has 1 aliphatic rings. The molecule has 0 amide bonds. The number of hydrogen-bond donors (Lipinski definition) is 2. The third-order valence-corrected chi connectivity index (χ3v) is 5.26. The van der Waals surface area contributed by atoms with Gasteiger partial charge in [0, 0.05) is 10.9 Å². The number of carbonyl (C=O) groups is 1. The molecule has 0 radical (unpaired) electrons. The number of aliphatic hydroxyl groups excluding tert-OH is 1. The van der Waals surface area contributed by atoms with Crippen molar-refractivity contribution in [1.29, 1.82) is 0 Å². The molecule has 1 fully saturated rings. The second-order valence-electron chi connectivity index (χ2n) is 5.61. The molecule has 3 N–H and O–H groups in total. The summed E-state index contributed by atoms with van der Waals surface area (Å²) in [6, 6.07) is 3.38. The molecule has 1 heterocycles. The zero-order chi connectivity index (χ0) is 13.8. The first-order valence-corrected chi connectivity index (χ1v) is 7.94. The molecule has 19 heavy (non-hydrogen) atoms. The lowest BCUT2D eigenvalue weighted by molar-refractivity contribution is 0.102. The first-order chi connectivity index (χ1) is 9.08. The number of Topliss-reactive ketones (excluding diaryl/α,β-unsaturated/α-hetero) is 1. The van der Waals surface area contributed by atoms with E-state index in [0.29, 0.717) is 10.8 Å². The molecule has 106 valence electrons. The van der Waals surface area contributed by atoms with Crippen LogP contribution in [0.15, 0.2) is 12.1 Å². The topological polar surface area (TPSA) is 63.3 Å². The number of ketones is 1. The molecule has 3 nitrogen and oxygen atoms in total. The van der Waals surface area contributed by atoms with E-state index < -0.39 is 6.10 Å². The van der Waals surface area contributed by atoms with E-state index in [9.17, 15) is 9.90 Å². The molecule has 0 saturated heterocycles. The zero-order valence-corrected chi connectivity index (χ0v) is 12.3. The predicted molar refractivity (Wildman–Crippen MR) is 78.5 cm³/mol. The van der Waals surface area contributed by atoms with E-state index in [1.165, 1.54) is 43.4 Å². The molecule has 1 unspecified atom stereocenters. The molecule has 0 aliphatic heterocycles. The number of thiophene rings is 1. The Balaban J connectivity index is 1.93. The number of carbonyl (C=O) groups excluding carboxylic acids is 1. The minimum Gasteiger partial charge on any atom is -0.386 e. The lowest BCUT2D eigenvalue weighted by Gasteiger charge is -2.26. The number of aliphatic hydroxyl groups is 1. The smallest absolute Gasteiger partial charge is 0.169 e. The van der Waals surface area contributed by atoms with E-state index in [2.05, 4.69) is 0 Å². The van der Waals surface area contributed by atoms with E-state index >= 15 is 0 Å². The fourth-order valence-corrected chi connectivity index (χ4v) is 3.81. The van der Waals surface area contributed by atoms with Gasteiger partial charge in [-0.15, -0.1) is 11.3 Å². The average Bonchev–Trinajstić information content (AvgIpc) is 2.88. The summed E-state index contributed by atoms with van der Waals surface area (Å²) in [5.41, 5.74) is 6.14. The maximum absolute atomic E-state index is 11.3. The highest BCUT2D eigenvalue weighted by Crippen LogP contribution is 2.32. The van der Waals surface area contributed by atoms with Crippen LogP contribution in [0.25, 0.3) is 0 Å². The van der Waals surface area contributed by atoms with Crippen molar-refractivity contribution in [2.45, 2.75) is 57.6 Å². The molecule has 2 rings (SSSR count). The van der Waals surface area contributed by atoms with Gasteiger partial charge < -0.3 is 10.8 Å². The van der Waals surface area contributed by atoms with Gasteiger partial charge in [-0.25, -0.2) is 0 Å². The van der Waals surface area contributed by atoms with Crippen molar-refractivity contribution >= 4 is 17.1 Å². The minimum absolute atomic E-state index is 0.0456. The van der Waals surface area contributed by atoms with Gasteiger partial charge in [-0.1, -0.05) is 32.1 Å². The van der Waals surface area contributed by atoms with Crippen LogP contribution in [0.5, 0.6) is 0 Å². The Hall–Kier alpha value is -0.710. The van der Waals surface area contributed by atoms with E-state index in [1.54, 1.807) is 13.0 Å². The standard InChI is InChI=1S/C15H23NO2S/c1-10(17)13-7-8-14(19-13)15(18)12(16)9-11-5-3-2-4-6-11/h7-8,11-12,15,18H,2-6,9,16H2,1H3/t12?,15-/m1/s1. The Bertz CT molecular complexity index is 424. The van der Waals surface area contributed by atoms with Crippen molar-refractivity contribution < 1.29 is 9.90 Å². The van der Waals surface area contributed by atoms with Gasteiger partial charge in [0.15, 0.2) is 5.78 Å². The Morgan fingerprint density at radius 3 is 2.68 bits per heavy atom. The second kappa shape index (κ2) is 6.64. The average molecular weight is 281 g/mol. The van der Waals surface area contributed by atoms with Crippen LogP contribution in [-0.4, -0.2) is 16.9 Å². The normalized spacial score (nSPS) is 20.2. The van der Waals surface area contributed by atoms with Crippen molar-refractivity contribution in [1.82, 2.24) is 0 Å². The number of hydrogen-bond acceptors (Lipinski definition) is 4. The Kier molecular flexibility index (Phi) is 5.13. The molecule has 1 aromatic heterocycles. The van der Waals surface area contributed by atoms with Crippen molar-refractivity contribution in [3.8, 4) is 0 Å². The summed E-state index contributed by atoms with van der Waals surface area (Å²) in [5.74, 6) is 0.704. The molecular formula is C15H23NO2S. The molecular weight excluding hydrogens is 258 g/mol. The SMILES string of the molecule is CC(=O)c1ccc([C@H](O)C(N)CC2CCCCC2)s1. The lowest BCUT2D eigenvalue weighted by Crippen LogP contribution is -2.31. The number of rotatable bonds is 5. The summed E-state index contributed by atoms with van der Waals surface area (Å²) in [6.45, 7) is 1.55. The second-order valence-corrected chi connectivity index (χ2v) is 6.72. The third-order valence-electron chi connectivity index (χ3n) is 4.00. The van der Waals surface area contributed by atoms with Crippen molar-refractivity contribution in [2.75, 3.05) is 0 Å². The summed E-state index contributed by atoms with van der Waals surface area (Å²) in [6.07, 6.45) is 6.64. The Morgan fingerprint density at radius 2 is 2.11 bits per heavy atom. The molecule has 4 heteroatoms. The Labute approximate surface area is 118 Å². The summed E-state index contributed by atoms with van der Waals surface area (Å²) >= 11 is 1.36. The highest BCUT2D eigenvalue weighted by Gasteiger charge is 2.24. The van der Waals surface area contributed by atoms with Crippen molar-refractivity contribution in [3.05, 3.63) is 21.9 Å². The summed E-state index contributed by atoms with van der Waals surface area (Å²) in [5, 5.41) is 10.3. The van der Waals surface area contributed by atoms with Crippen molar-refractivity contribution in [2.24, 2.45) is 11.7 Å². The molecule has 0 aromatic carbocycles. The first kappa shape index (κ1) is 14.7. The molecule has 0 bridgehead atoms. The van der Waals surface area contributed by atoms with Crippen LogP contribution in [0.2, 0.25) is 0 Å². The van der Waals surface area contributed by atoms with Crippen LogP contribution in [0.4, 0.5) is 0 Å². The van der Waals surface area contributed by atoms with Gasteiger partial charge in [0.05, 0.1) is 4.88 Å². The molecule has 2 atom stereocenters. The van der Waals surface area contributed by atoms with Gasteiger partial charge in [0.2, 0.25) is 0 Å². The fraction of sp³-hybridized carbons (Fsp3) is 0.667. The van der Waals surface area contributed by atoms with Crippen LogP contribution in [0.3, 0.4) is 0 Å². The maximum atomic E-state index is 11.3. The monoisotopic (exact) mass is 281 g/mol. The summed E-state index contributed by atoms with van der Waals surface area (Å²) < 4.78 is 0. The van der Waals surface area contributed by atoms with Gasteiger partial charge in [-0.2, -0.15) is 0 Å². The predicted octanol–water partition coefficient (Wildman–Crippen LogP) is 3.28. The first-order valence-electron chi connectivity index (χ1n) is 7.12. The van der Waals surface area contributed by atoms with Crippen LogP contribution >= 0.6 is 11.3 Å². The maximum Gasteiger partial charge on any atom is 0.169 e. The van der Waals surface area contributed by atoms with Crippen molar-refractivity contribution in [3.63, 3.8) is 0 Å². The van der Waals surface area contributed by atoms with Crippen LogP contribution < -0.4 is 5.73 Å². The molecule has 1 aromatic rings.